The minimum absolute atomic E-state index is 0.241. The maximum atomic E-state index is 5.84. The average molecular weight is 250 g/mol. The van der Waals surface area contributed by atoms with E-state index in [4.69, 9.17) is 9.47 Å². The average Bonchev–Trinajstić information content (AvgIpc) is 3.01. The Bertz CT molecular complexity index is 420. The number of hydrogen-bond acceptors (Lipinski definition) is 4. The molecule has 1 aliphatic carbocycles. The van der Waals surface area contributed by atoms with Crippen molar-refractivity contribution in [3.63, 3.8) is 0 Å². The summed E-state index contributed by atoms with van der Waals surface area (Å²) in [5.41, 5.74) is -0.241. The molecule has 0 saturated heterocycles. The van der Waals surface area contributed by atoms with Gasteiger partial charge in [0.05, 0.1) is 6.10 Å². The maximum Gasteiger partial charge on any atom is 0.215 e. The van der Waals surface area contributed by atoms with Crippen LogP contribution >= 0.6 is 0 Å². The van der Waals surface area contributed by atoms with E-state index in [0.29, 0.717) is 12.0 Å². The van der Waals surface area contributed by atoms with Gasteiger partial charge in [0.2, 0.25) is 5.88 Å². The van der Waals surface area contributed by atoms with Crippen molar-refractivity contribution in [2.75, 3.05) is 19.0 Å². The molecular formula is C14H22N2O2. The normalized spacial score (nSPS) is 15.4. The molecule has 2 rings (SSSR count). The molecule has 0 atom stereocenters. The highest BCUT2D eigenvalue weighted by Crippen LogP contribution is 2.34. The summed E-state index contributed by atoms with van der Waals surface area (Å²) >= 11 is 0. The van der Waals surface area contributed by atoms with E-state index < -0.39 is 0 Å². The molecule has 0 bridgehead atoms. The quantitative estimate of drug-likeness (QED) is 0.823. The molecule has 1 heterocycles. The van der Waals surface area contributed by atoms with Crippen LogP contribution in [0.5, 0.6) is 11.6 Å². The lowest BCUT2D eigenvalue weighted by Gasteiger charge is -2.23. The number of nitrogens with zero attached hydrogens (tertiary/aromatic N) is 2. The molecule has 0 aliphatic heterocycles. The van der Waals surface area contributed by atoms with Crippen LogP contribution in [-0.2, 0) is 0 Å². The second-order valence-corrected chi connectivity index (χ2v) is 5.90. The molecule has 4 heteroatoms. The Labute approximate surface area is 109 Å². The van der Waals surface area contributed by atoms with Crippen LogP contribution in [-0.4, -0.2) is 30.8 Å². The Morgan fingerprint density at radius 1 is 1.22 bits per heavy atom. The lowest BCUT2D eigenvalue weighted by Crippen LogP contribution is -2.24. The molecule has 0 aromatic carbocycles. The van der Waals surface area contributed by atoms with Crippen LogP contribution in [0.1, 0.15) is 33.6 Å². The smallest absolute Gasteiger partial charge is 0.215 e. The van der Waals surface area contributed by atoms with E-state index >= 15 is 0 Å². The Hall–Kier alpha value is -1.45. The van der Waals surface area contributed by atoms with Crippen molar-refractivity contribution in [3.8, 4) is 11.6 Å². The molecular weight excluding hydrogens is 228 g/mol. The topological polar surface area (TPSA) is 34.6 Å². The van der Waals surface area contributed by atoms with Gasteiger partial charge in [0, 0.05) is 20.2 Å². The second kappa shape index (κ2) is 4.67. The van der Waals surface area contributed by atoms with Gasteiger partial charge in [-0.2, -0.15) is 4.98 Å². The zero-order valence-corrected chi connectivity index (χ0v) is 11.9. The number of ether oxygens (including phenoxy) is 2. The molecule has 0 spiro atoms. The van der Waals surface area contributed by atoms with E-state index in [1.165, 1.54) is 0 Å². The molecule has 1 aliphatic rings. The predicted octanol–water partition coefficient (Wildman–Crippen LogP) is 2.87. The van der Waals surface area contributed by atoms with Crippen molar-refractivity contribution in [2.45, 2.75) is 45.3 Å². The van der Waals surface area contributed by atoms with Crippen LogP contribution in [0, 0.1) is 0 Å². The van der Waals surface area contributed by atoms with E-state index in [2.05, 4.69) is 4.98 Å². The zero-order valence-electron chi connectivity index (χ0n) is 11.9. The molecule has 4 nitrogen and oxygen atoms in total. The number of pyridine rings is 1. The minimum Gasteiger partial charge on any atom is -0.487 e. The van der Waals surface area contributed by atoms with E-state index in [1.54, 1.807) is 0 Å². The predicted molar refractivity (Wildman–Crippen MR) is 72.6 cm³/mol. The fourth-order valence-corrected chi connectivity index (χ4v) is 1.57. The molecule has 1 fully saturated rings. The lowest BCUT2D eigenvalue weighted by atomic mass is 10.2. The Kier molecular flexibility index (Phi) is 3.37. The summed E-state index contributed by atoms with van der Waals surface area (Å²) in [6, 6.07) is 3.82. The van der Waals surface area contributed by atoms with E-state index in [-0.39, 0.29) is 5.60 Å². The monoisotopic (exact) mass is 250 g/mol. The number of hydrogen-bond donors (Lipinski definition) is 0. The lowest BCUT2D eigenvalue weighted by molar-refractivity contribution is 0.124. The zero-order chi connectivity index (χ0) is 13.3. The van der Waals surface area contributed by atoms with Crippen molar-refractivity contribution in [2.24, 2.45) is 0 Å². The summed E-state index contributed by atoms with van der Waals surface area (Å²) in [6.07, 6.45) is 2.67. The third kappa shape index (κ3) is 3.52. The van der Waals surface area contributed by atoms with Crippen molar-refractivity contribution < 1.29 is 9.47 Å². The molecule has 1 saturated carbocycles. The summed E-state index contributed by atoms with van der Waals surface area (Å²) in [6.45, 7) is 6.04. The van der Waals surface area contributed by atoms with E-state index in [9.17, 15) is 0 Å². The minimum atomic E-state index is -0.241. The summed E-state index contributed by atoms with van der Waals surface area (Å²) in [5.74, 6) is 2.29. The Morgan fingerprint density at radius 3 is 2.39 bits per heavy atom. The fraction of sp³-hybridized carbons (Fsp3) is 0.643. The van der Waals surface area contributed by atoms with Crippen molar-refractivity contribution in [1.29, 1.82) is 0 Å². The molecule has 100 valence electrons. The van der Waals surface area contributed by atoms with Crippen molar-refractivity contribution >= 4 is 5.82 Å². The van der Waals surface area contributed by atoms with E-state index in [0.717, 1.165) is 24.4 Å². The first-order valence-electron chi connectivity index (χ1n) is 6.39. The third-order valence-corrected chi connectivity index (χ3v) is 2.47. The molecule has 1 aromatic heterocycles. The van der Waals surface area contributed by atoms with Crippen LogP contribution in [0.2, 0.25) is 0 Å². The van der Waals surface area contributed by atoms with Crippen LogP contribution < -0.4 is 14.4 Å². The van der Waals surface area contributed by atoms with Gasteiger partial charge in [-0.15, -0.1) is 0 Å². The first-order chi connectivity index (χ1) is 8.35. The second-order valence-electron chi connectivity index (χ2n) is 5.90. The Morgan fingerprint density at radius 2 is 1.89 bits per heavy atom. The largest absolute Gasteiger partial charge is 0.487 e. The highest BCUT2D eigenvalue weighted by molar-refractivity contribution is 5.53. The number of aromatic nitrogens is 1. The van der Waals surface area contributed by atoms with Gasteiger partial charge in [-0.05, 0) is 39.7 Å². The number of rotatable bonds is 4. The molecule has 0 amide bonds. The van der Waals surface area contributed by atoms with E-state index in [1.807, 2.05) is 51.9 Å². The number of anilines is 1. The van der Waals surface area contributed by atoms with Crippen LogP contribution in [0.15, 0.2) is 12.1 Å². The van der Waals surface area contributed by atoms with Crippen LogP contribution in [0.3, 0.4) is 0 Å². The third-order valence-electron chi connectivity index (χ3n) is 2.47. The van der Waals surface area contributed by atoms with Gasteiger partial charge in [-0.3, -0.25) is 0 Å². The first-order valence-corrected chi connectivity index (χ1v) is 6.39. The summed E-state index contributed by atoms with van der Waals surface area (Å²) in [5, 5.41) is 0. The fourth-order valence-electron chi connectivity index (χ4n) is 1.57. The van der Waals surface area contributed by atoms with Gasteiger partial charge in [-0.1, -0.05) is 0 Å². The van der Waals surface area contributed by atoms with Crippen molar-refractivity contribution in [3.05, 3.63) is 12.1 Å². The standard InChI is InChI=1S/C14H22N2O2/c1-14(2,3)18-12-9-8-11(17-10-6-7-10)13(15-12)16(4)5/h8-10H,6-7H2,1-5H3. The molecule has 0 radical (unpaired) electrons. The van der Waals surface area contributed by atoms with Crippen LogP contribution in [0.4, 0.5) is 5.82 Å². The summed E-state index contributed by atoms with van der Waals surface area (Å²) in [4.78, 5) is 6.47. The Balaban J connectivity index is 2.21. The van der Waals surface area contributed by atoms with Gasteiger partial charge in [0.15, 0.2) is 11.6 Å². The van der Waals surface area contributed by atoms with Gasteiger partial charge in [-0.25, -0.2) is 0 Å². The van der Waals surface area contributed by atoms with Crippen molar-refractivity contribution in [1.82, 2.24) is 4.98 Å². The van der Waals surface area contributed by atoms with Gasteiger partial charge >= 0.3 is 0 Å². The van der Waals surface area contributed by atoms with Gasteiger partial charge in [0.25, 0.3) is 0 Å². The first kappa shape index (κ1) is 13.0. The SMILES string of the molecule is CN(C)c1nc(OC(C)(C)C)ccc1OC1CC1. The van der Waals surface area contributed by atoms with Crippen LogP contribution in [0.25, 0.3) is 0 Å². The molecule has 1 aromatic rings. The summed E-state index contributed by atoms with van der Waals surface area (Å²) < 4.78 is 11.6. The molecule has 18 heavy (non-hydrogen) atoms. The van der Waals surface area contributed by atoms with Gasteiger partial charge < -0.3 is 14.4 Å². The highest BCUT2D eigenvalue weighted by Gasteiger charge is 2.25. The van der Waals surface area contributed by atoms with Gasteiger partial charge in [0.1, 0.15) is 5.60 Å². The molecule has 0 unspecified atom stereocenters. The summed E-state index contributed by atoms with van der Waals surface area (Å²) in [7, 11) is 3.92. The molecule has 0 N–H and O–H groups in total. The maximum absolute atomic E-state index is 5.84. The highest BCUT2D eigenvalue weighted by atomic mass is 16.5.